The molecule has 2 N–H and O–H groups in total. The van der Waals surface area contributed by atoms with Gasteiger partial charge in [-0.05, 0) is 25.0 Å². The number of para-hydroxylation sites is 1. The van der Waals surface area contributed by atoms with Crippen LogP contribution < -0.4 is 10.5 Å². The molecule has 22 heavy (non-hydrogen) atoms. The zero-order valence-electron chi connectivity index (χ0n) is 12.4. The van der Waals surface area contributed by atoms with Gasteiger partial charge in [-0.15, -0.1) is 12.4 Å². The van der Waals surface area contributed by atoms with Crippen LogP contribution in [0.25, 0.3) is 11.4 Å². The highest BCUT2D eigenvalue weighted by atomic mass is 35.5. The molecule has 1 fully saturated rings. The summed E-state index contributed by atoms with van der Waals surface area (Å²) in [5, 5.41) is 4.10. The molecule has 0 bridgehead atoms. The van der Waals surface area contributed by atoms with Crippen LogP contribution in [0, 0.1) is 0 Å². The molecule has 0 unspecified atom stereocenters. The number of methoxy groups -OCH3 is 1. The molecule has 1 aromatic carbocycles. The van der Waals surface area contributed by atoms with Crippen molar-refractivity contribution in [1.82, 2.24) is 10.1 Å². The second kappa shape index (κ2) is 7.09. The average Bonchev–Trinajstić information content (AvgIpc) is 3.06. The van der Waals surface area contributed by atoms with E-state index in [9.17, 15) is 0 Å². The Morgan fingerprint density at radius 2 is 2.00 bits per heavy atom. The number of aromatic nitrogens is 2. The van der Waals surface area contributed by atoms with E-state index >= 15 is 0 Å². The molecule has 0 amide bonds. The molecule has 1 aromatic heterocycles. The van der Waals surface area contributed by atoms with Gasteiger partial charge in [0, 0.05) is 19.8 Å². The molecule has 0 saturated carbocycles. The van der Waals surface area contributed by atoms with Crippen LogP contribution in [-0.2, 0) is 10.2 Å². The highest BCUT2D eigenvalue weighted by molar-refractivity contribution is 5.85. The molecular weight excluding hydrogens is 306 g/mol. The van der Waals surface area contributed by atoms with Crippen molar-refractivity contribution in [1.29, 1.82) is 0 Å². The molecule has 0 radical (unpaired) electrons. The fourth-order valence-corrected chi connectivity index (χ4v) is 2.65. The molecule has 2 aromatic rings. The lowest BCUT2D eigenvalue weighted by Crippen LogP contribution is -2.40. The van der Waals surface area contributed by atoms with E-state index in [1.165, 1.54) is 0 Å². The van der Waals surface area contributed by atoms with Gasteiger partial charge in [0.25, 0.3) is 0 Å². The Bertz CT molecular complexity index is 612. The predicted molar refractivity (Wildman–Crippen MR) is 84.3 cm³/mol. The minimum Gasteiger partial charge on any atom is -0.496 e. The van der Waals surface area contributed by atoms with E-state index in [0.29, 0.717) is 31.5 Å². The molecule has 7 heteroatoms. The smallest absolute Gasteiger partial charge is 0.234 e. The first-order valence-electron chi connectivity index (χ1n) is 7.04. The lowest BCUT2D eigenvalue weighted by Gasteiger charge is -2.32. The summed E-state index contributed by atoms with van der Waals surface area (Å²) in [6, 6.07) is 7.61. The third-order valence-electron chi connectivity index (χ3n) is 4.07. The average molecular weight is 326 g/mol. The summed E-state index contributed by atoms with van der Waals surface area (Å²) >= 11 is 0. The van der Waals surface area contributed by atoms with Gasteiger partial charge in [-0.25, -0.2) is 0 Å². The number of ether oxygens (including phenoxy) is 2. The van der Waals surface area contributed by atoms with E-state index in [4.69, 9.17) is 19.7 Å². The number of nitrogens with zero attached hydrogens (tertiary/aromatic N) is 2. The normalized spacial score (nSPS) is 16.8. The maximum absolute atomic E-state index is 5.97. The van der Waals surface area contributed by atoms with Gasteiger partial charge in [0.15, 0.2) is 0 Å². The molecule has 1 aliphatic heterocycles. The van der Waals surface area contributed by atoms with Crippen LogP contribution in [0.2, 0.25) is 0 Å². The van der Waals surface area contributed by atoms with Crippen LogP contribution in [0.15, 0.2) is 28.8 Å². The summed E-state index contributed by atoms with van der Waals surface area (Å²) in [6.45, 7) is 1.82. The Morgan fingerprint density at radius 3 is 2.68 bits per heavy atom. The van der Waals surface area contributed by atoms with Gasteiger partial charge in [0.1, 0.15) is 5.75 Å². The van der Waals surface area contributed by atoms with Crippen molar-refractivity contribution < 1.29 is 14.0 Å². The van der Waals surface area contributed by atoms with Gasteiger partial charge in [-0.3, -0.25) is 0 Å². The van der Waals surface area contributed by atoms with Crippen molar-refractivity contribution in [3.8, 4) is 17.1 Å². The summed E-state index contributed by atoms with van der Waals surface area (Å²) in [5.41, 5.74) is 6.51. The van der Waals surface area contributed by atoms with Crippen molar-refractivity contribution in [2.24, 2.45) is 5.73 Å². The lowest BCUT2D eigenvalue weighted by atomic mass is 9.80. The van der Waals surface area contributed by atoms with Gasteiger partial charge < -0.3 is 19.7 Å². The van der Waals surface area contributed by atoms with E-state index in [-0.39, 0.29) is 17.8 Å². The summed E-state index contributed by atoms with van der Waals surface area (Å²) in [7, 11) is 1.62. The maximum atomic E-state index is 5.97. The monoisotopic (exact) mass is 325 g/mol. The predicted octanol–water partition coefficient (Wildman–Crippen LogP) is 2.17. The number of halogens is 1. The molecule has 120 valence electrons. The van der Waals surface area contributed by atoms with Gasteiger partial charge in [-0.2, -0.15) is 4.98 Å². The number of hydrogen-bond donors (Lipinski definition) is 1. The number of hydrogen-bond acceptors (Lipinski definition) is 6. The Morgan fingerprint density at radius 1 is 1.27 bits per heavy atom. The molecular formula is C15H20ClN3O3. The summed E-state index contributed by atoms with van der Waals surface area (Å²) in [4.78, 5) is 4.56. The van der Waals surface area contributed by atoms with E-state index in [0.717, 1.165) is 24.2 Å². The number of nitrogens with two attached hydrogens (primary N) is 1. The van der Waals surface area contributed by atoms with Crippen LogP contribution in [0.1, 0.15) is 18.7 Å². The van der Waals surface area contributed by atoms with E-state index in [1.807, 2.05) is 24.3 Å². The van der Waals surface area contributed by atoms with Crippen molar-refractivity contribution in [3.63, 3.8) is 0 Å². The molecule has 3 rings (SSSR count). The minimum atomic E-state index is -0.272. The van der Waals surface area contributed by atoms with Crippen LogP contribution in [-0.4, -0.2) is 37.0 Å². The fraction of sp³-hybridized carbons (Fsp3) is 0.467. The van der Waals surface area contributed by atoms with Gasteiger partial charge in [-0.1, -0.05) is 17.3 Å². The third kappa shape index (κ3) is 2.95. The summed E-state index contributed by atoms with van der Waals surface area (Å²) < 4.78 is 16.3. The Labute approximate surface area is 135 Å². The Hall–Kier alpha value is -1.63. The largest absolute Gasteiger partial charge is 0.496 e. The van der Waals surface area contributed by atoms with Crippen molar-refractivity contribution in [2.45, 2.75) is 18.3 Å². The molecule has 1 saturated heterocycles. The molecule has 0 aliphatic carbocycles. The fourth-order valence-electron chi connectivity index (χ4n) is 2.65. The second-order valence-corrected chi connectivity index (χ2v) is 5.22. The van der Waals surface area contributed by atoms with Crippen LogP contribution in [0.4, 0.5) is 0 Å². The van der Waals surface area contributed by atoms with Gasteiger partial charge >= 0.3 is 0 Å². The SMILES string of the molecule is COc1ccccc1-c1noc(C2(CN)CCOCC2)n1.Cl. The molecule has 1 aliphatic rings. The number of rotatable bonds is 4. The standard InChI is InChI=1S/C15H19N3O3.ClH/c1-19-12-5-3-2-4-11(12)13-17-14(21-18-13)15(10-16)6-8-20-9-7-15;/h2-5H,6-10,16H2,1H3;1H. The van der Waals surface area contributed by atoms with E-state index in [2.05, 4.69) is 10.1 Å². The minimum absolute atomic E-state index is 0. The molecule has 6 nitrogen and oxygen atoms in total. The zero-order valence-corrected chi connectivity index (χ0v) is 13.3. The Kier molecular flexibility index (Phi) is 5.39. The highest BCUT2D eigenvalue weighted by Crippen LogP contribution is 2.35. The van der Waals surface area contributed by atoms with E-state index < -0.39 is 0 Å². The zero-order chi connectivity index (χ0) is 14.7. The van der Waals surface area contributed by atoms with Crippen LogP contribution in [0.5, 0.6) is 5.75 Å². The van der Waals surface area contributed by atoms with Gasteiger partial charge in [0.05, 0.1) is 18.1 Å². The van der Waals surface area contributed by atoms with Crippen LogP contribution in [0.3, 0.4) is 0 Å². The third-order valence-corrected chi connectivity index (χ3v) is 4.07. The molecule has 0 spiro atoms. The first kappa shape index (κ1) is 16.7. The second-order valence-electron chi connectivity index (χ2n) is 5.22. The van der Waals surface area contributed by atoms with Crippen molar-refractivity contribution in [2.75, 3.05) is 26.9 Å². The first-order chi connectivity index (χ1) is 10.3. The van der Waals surface area contributed by atoms with Gasteiger partial charge in [0.2, 0.25) is 11.7 Å². The topological polar surface area (TPSA) is 83.4 Å². The van der Waals surface area contributed by atoms with Crippen LogP contribution >= 0.6 is 12.4 Å². The summed E-state index contributed by atoms with van der Waals surface area (Å²) in [6.07, 6.45) is 1.61. The Balaban J connectivity index is 0.00000176. The lowest BCUT2D eigenvalue weighted by molar-refractivity contribution is 0.0409. The molecule has 2 heterocycles. The highest BCUT2D eigenvalue weighted by Gasteiger charge is 2.38. The van der Waals surface area contributed by atoms with Crippen molar-refractivity contribution >= 4 is 12.4 Å². The quantitative estimate of drug-likeness (QED) is 0.927. The summed E-state index contributed by atoms with van der Waals surface area (Å²) in [5.74, 6) is 1.84. The van der Waals surface area contributed by atoms with Crippen molar-refractivity contribution in [3.05, 3.63) is 30.2 Å². The molecule has 0 atom stereocenters. The first-order valence-corrected chi connectivity index (χ1v) is 7.04. The van der Waals surface area contributed by atoms with E-state index in [1.54, 1.807) is 7.11 Å². The number of benzene rings is 1. The maximum Gasteiger partial charge on any atom is 0.234 e.